The minimum atomic E-state index is -0.0381. The Morgan fingerprint density at radius 2 is 1.95 bits per heavy atom. The molecule has 94 valence electrons. The fourth-order valence-corrected chi connectivity index (χ4v) is 2.01. The van der Waals surface area contributed by atoms with Gasteiger partial charge in [0.2, 0.25) is 0 Å². The van der Waals surface area contributed by atoms with Crippen LogP contribution in [0.1, 0.15) is 15.9 Å². The Bertz CT molecular complexity index is 729. The molecule has 0 fully saturated rings. The summed E-state index contributed by atoms with van der Waals surface area (Å²) in [5, 5.41) is 4.17. The highest BCUT2D eigenvalue weighted by molar-refractivity contribution is 6.13. The van der Waals surface area contributed by atoms with Crippen LogP contribution in [0.15, 0.2) is 54.9 Å². The van der Waals surface area contributed by atoms with Crippen molar-refractivity contribution in [2.45, 2.75) is 0 Å². The highest BCUT2D eigenvalue weighted by Gasteiger charge is 2.14. The molecule has 0 bridgehead atoms. The lowest BCUT2D eigenvalue weighted by molar-refractivity contribution is 0.104. The van der Waals surface area contributed by atoms with Crippen LogP contribution in [0.25, 0.3) is 5.52 Å². The molecule has 0 unspecified atom stereocenters. The molecule has 0 saturated carbocycles. The van der Waals surface area contributed by atoms with Gasteiger partial charge < -0.3 is 4.74 Å². The summed E-state index contributed by atoms with van der Waals surface area (Å²) in [7, 11) is 1.60. The van der Waals surface area contributed by atoms with Crippen LogP contribution < -0.4 is 4.74 Å². The van der Waals surface area contributed by atoms with Crippen LogP contribution in [0.5, 0.6) is 5.75 Å². The molecule has 0 atom stereocenters. The number of hydrogen-bond acceptors (Lipinski definition) is 3. The van der Waals surface area contributed by atoms with Crippen molar-refractivity contribution in [3.05, 3.63) is 66.0 Å². The first-order chi connectivity index (χ1) is 9.29. The zero-order valence-corrected chi connectivity index (χ0v) is 10.4. The van der Waals surface area contributed by atoms with E-state index in [9.17, 15) is 4.79 Å². The number of carbonyl (C=O) groups is 1. The Labute approximate surface area is 110 Å². The molecule has 0 saturated heterocycles. The van der Waals surface area contributed by atoms with Crippen LogP contribution in [0, 0.1) is 0 Å². The van der Waals surface area contributed by atoms with E-state index in [0.29, 0.717) is 11.1 Å². The monoisotopic (exact) mass is 252 g/mol. The van der Waals surface area contributed by atoms with Gasteiger partial charge in [0, 0.05) is 11.8 Å². The summed E-state index contributed by atoms with van der Waals surface area (Å²) in [4.78, 5) is 12.4. The Morgan fingerprint density at radius 3 is 2.68 bits per heavy atom. The Hall–Kier alpha value is -2.62. The SMILES string of the molecule is COc1ccc(C(=O)c2cnn3ccccc23)cc1. The number of ether oxygens (including phenoxy) is 1. The fraction of sp³-hybridized carbons (Fsp3) is 0.0667. The number of carbonyl (C=O) groups excluding carboxylic acids is 1. The third-order valence-electron chi connectivity index (χ3n) is 3.02. The number of nitrogens with zero attached hydrogens (tertiary/aromatic N) is 2. The van der Waals surface area contributed by atoms with Crippen molar-refractivity contribution in [3.8, 4) is 5.75 Å². The number of benzene rings is 1. The van der Waals surface area contributed by atoms with E-state index in [2.05, 4.69) is 5.10 Å². The molecule has 0 N–H and O–H groups in total. The van der Waals surface area contributed by atoms with E-state index in [0.717, 1.165) is 11.3 Å². The van der Waals surface area contributed by atoms with Gasteiger partial charge in [-0.1, -0.05) is 6.07 Å². The third kappa shape index (κ3) is 1.97. The van der Waals surface area contributed by atoms with Gasteiger partial charge in [-0.2, -0.15) is 5.10 Å². The molecule has 0 radical (unpaired) electrons. The van der Waals surface area contributed by atoms with Gasteiger partial charge >= 0.3 is 0 Å². The molecule has 0 aliphatic heterocycles. The molecule has 19 heavy (non-hydrogen) atoms. The standard InChI is InChI=1S/C15H12N2O2/c1-19-12-7-5-11(6-8-12)15(18)13-10-16-17-9-3-2-4-14(13)17/h2-10H,1H3. The van der Waals surface area contributed by atoms with Gasteiger partial charge in [0.05, 0.1) is 24.4 Å². The fourth-order valence-electron chi connectivity index (χ4n) is 2.01. The van der Waals surface area contributed by atoms with Gasteiger partial charge in [-0.15, -0.1) is 0 Å². The first-order valence-corrected chi connectivity index (χ1v) is 5.91. The van der Waals surface area contributed by atoms with Gasteiger partial charge in [-0.3, -0.25) is 4.79 Å². The highest BCUT2D eigenvalue weighted by Crippen LogP contribution is 2.18. The van der Waals surface area contributed by atoms with Crippen LogP contribution in [-0.4, -0.2) is 22.5 Å². The third-order valence-corrected chi connectivity index (χ3v) is 3.02. The molecule has 4 heteroatoms. The van der Waals surface area contributed by atoms with Crippen molar-refractivity contribution < 1.29 is 9.53 Å². The normalized spacial score (nSPS) is 10.6. The van der Waals surface area contributed by atoms with Gasteiger partial charge in [-0.25, -0.2) is 4.52 Å². The lowest BCUT2D eigenvalue weighted by atomic mass is 10.0. The van der Waals surface area contributed by atoms with Crippen molar-refractivity contribution in [3.63, 3.8) is 0 Å². The van der Waals surface area contributed by atoms with Crippen molar-refractivity contribution in [1.82, 2.24) is 9.61 Å². The molecule has 2 heterocycles. The predicted molar refractivity (Wildman–Crippen MR) is 71.6 cm³/mol. The Balaban J connectivity index is 2.03. The first kappa shape index (κ1) is 11.5. The number of pyridine rings is 1. The lowest BCUT2D eigenvalue weighted by Gasteiger charge is -2.02. The molecule has 4 nitrogen and oxygen atoms in total. The van der Waals surface area contributed by atoms with Gasteiger partial charge in [0.25, 0.3) is 0 Å². The summed E-state index contributed by atoms with van der Waals surface area (Å²) in [6, 6.07) is 12.7. The topological polar surface area (TPSA) is 43.6 Å². The minimum absolute atomic E-state index is 0.0381. The van der Waals surface area contributed by atoms with E-state index in [1.54, 1.807) is 42.1 Å². The molecule has 3 rings (SSSR count). The van der Waals surface area contributed by atoms with Gasteiger partial charge in [0.15, 0.2) is 5.78 Å². The number of ketones is 1. The molecule has 0 spiro atoms. The van der Waals surface area contributed by atoms with Gasteiger partial charge in [-0.05, 0) is 36.4 Å². The van der Waals surface area contributed by atoms with Crippen LogP contribution in [0.2, 0.25) is 0 Å². The van der Waals surface area contributed by atoms with E-state index in [4.69, 9.17) is 4.74 Å². The largest absolute Gasteiger partial charge is 0.497 e. The second kappa shape index (κ2) is 4.57. The summed E-state index contributed by atoms with van der Waals surface area (Å²) >= 11 is 0. The van der Waals surface area contributed by atoms with Crippen LogP contribution in [0.3, 0.4) is 0 Å². The zero-order chi connectivity index (χ0) is 13.2. The smallest absolute Gasteiger partial charge is 0.196 e. The average molecular weight is 252 g/mol. The van der Waals surface area contributed by atoms with Crippen LogP contribution in [-0.2, 0) is 0 Å². The van der Waals surface area contributed by atoms with E-state index >= 15 is 0 Å². The molecular weight excluding hydrogens is 240 g/mol. The molecular formula is C15H12N2O2. The van der Waals surface area contributed by atoms with Gasteiger partial charge in [0.1, 0.15) is 5.75 Å². The summed E-state index contributed by atoms with van der Waals surface area (Å²) in [6.07, 6.45) is 3.42. The number of rotatable bonds is 3. The highest BCUT2D eigenvalue weighted by atomic mass is 16.5. The lowest BCUT2D eigenvalue weighted by Crippen LogP contribution is -2.00. The van der Waals surface area contributed by atoms with E-state index in [1.807, 2.05) is 24.4 Å². The second-order valence-electron chi connectivity index (χ2n) is 4.15. The Morgan fingerprint density at radius 1 is 1.16 bits per heavy atom. The maximum Gasteiger partial charge on any atom is 0.196 e. The first-order valence-electron chi connectivity index (χ1n) is 5.91. The van der Waals surface area contributed by atoms with Crippen molar-refractivity contribution in [1.29, 1.82) is 0 Å². The summed E-state index contributed by atoms with van der Waals surface area (Å²) in [5.74, 6) is 0.695. The summed E-state index contributed by atoms with van der Waals surface area (Å²) < 4.78 is 6.77. The molecule has 0 amide bonds. The molecule has 0 aliphatic rings. The second-order valence-corrected chi connectivity index (χ2v) is 4.15. The maximum atomic E-state index is 12.4. The average Bonchev–Trinajstić information content (AvgIpc) is 2.90. The number of hydrogen-bond donors (Lipinski definition) is 0. The molecule has 3 aromatic rings. The van der Waals surface area contributed by atoms with Crippen molar-refractivity contribution in [2.24, 2.45) is 0 Å². The quantitative estimate of drug-likeness (QED) is 0.673. The van der Waals surface area contributed by atoms with Crippen molar-refractivity contribution in [2.75, 3.05) is 7.11 Å². The summed E-state index contributed by atoms with van der Waals surface area (Å²) in [6.45, 7) is 0. The maximum absolute atomic E-state index is 12.4. The van der Waals surface area contributed by atoms with Crippen molar-refractivity contribution >= 4 is 11.3 Å². The predicted octanol–water partition coefficient (Wildman–Crippen LogP) is 2.57. The number of aromatic nitrogens is 2. The Kier molecular flexibility index (Phi) is 2.76. The van der Waals surface area contributed by atoms with E-state index in [1.165, 1.54) is 0 Å². The van der Waals surface area contributed by atoms with E-state index in [-0.39, 0.29) is 5.78 Å². The van der Waals surface area contributed by atoms with E-state index < -0.39 is 0 Å². The molecule has 1 aromatic carbocycles. The zero-order valence-electron chi connectivity index (χ0n) is 10.4. The van der Waals surface area contributed by atoms with Crippen LogP contribution in [0.4, 0.5) is 0 Å². The summed E-state index contributed by atoms with van der Waals surface area (Å²) in [5.41, 5.74) is 2.04. The van der Waals surface area contributed by atoms with Crippen LogP contribution >= 0.6 is 0 Å². The molecule has 0 aliphatic carbocycles. The number of fused-ring (bicyclic) bond motifs is 1. The minimum Gasteiger partial charge on any atom is -0.497 e. The molecule has 2 aromatic heterocycles. The number of methoxy groups -OCH3 is 1.